The van der Waals surface area contributed by atoms with Gasteiger partial charge in [-0.2, -0.15) is 0 Å². The number of aliphatic hydroxyl groups excluding tert-OH is 1. The van der Waals surface area contributed by atoms with Gasteiger partial charge >= 0.3 is 0 Å². The summed E-state index contributed by atoms with van der Waals surface area (Å²) in [6.45, 7) is 4.00. The van der Waals surface area contributed by atoms with Gasteiger partial charge in [-0.15, -0.1) is 0 Å². The SMILES string of the molecule is CC.OC1CC(c2ccccc2)NC2(CCCC2)C1. The Balaban J connectivity index is 0.000000637. The minimum Gasteiger partial charge on any atom is -0.393 e. The Hall–Kier alpha value is -0.860. The van der Waals surface area contributed by atoms with Crippen LogP contribution in [0.2, 0.25) is 0 Å². The lowest BCUT2D eigenvalue weighted by Gasteiger charge is -2.42. The molecule has 2 fully saturated rings. The standard InChI is InChI=1S/C15H21NO.C2H6/c17-13-10-14(12-6-2-1-3-7-12)16-15(11-13)8-4-5-9-15;1-2/h1-3,6-7,13-14,16-17H,4-5,8-11H2;1-2H3. The maximum Gasteiger partial charge on any atom is 0.0576 e. The van der Waals surface area contributed by atoms with E-state index in [2.05, 4.69) is 29.6 Å². The number of aliphatic hydroxyl groups is 1. The highest BCUT2D eigenvalue weighted by molar-refractivity contribution is 5.21. The summed E-state index contributed by atoms with van der Waals surface area (Å²) in [7, 11) is 0. The molecule has 2 heteroatoms. The molecular weight excluding hydrogens is 234 g/mol. The lowest BCUT2D eigenvalue weighted by Crippen LogP contribution is -2.52. The van der Waals surface area contributed by atoms with Crippen LogP contribution < -0.4 is 5.32 Å². The average molecular weight is 261 g/mol. The molecule has 106 valence electrons. The van der Waals surface area contributed by atoms with Gasteiger partial charge in [0.15, 0.2) is 0 Å². The number of hydrogen-bond donors (Lipinski definition) is 2. The highest BCUT2D eigenvalue weighted by Crippen LogP contribution is 2.41. The molecule has 2 atom stereocenters. The molecule has 1 heterocycles. The van der Waals surface area contributed by atoms with E-state index in [-0.39, 0.29) is 11.6 Å². The van der Waals surface area contributed by atoms with Crippen molar-refractivity contribution in [3.8, 4) is 0 Å². The molecule has 0 radical (unpaired) electrons. The first kappa shape index (κ1) is 14.5. The van der Waals surface area contributed by atoms with Crippen LogP contribution in [-0.2, 0) is 0 Å². The summed E-state index contributed by atoms with van der Waals surface area (Å²) in [5.74, 6) is 0. The van der Waals surface area contributed by atoms with E-state index in [4.69, 9.17) is 0 Å². The second-order valence-electron chi connectivity index (χ2n) is 5.69. The quantitative estimate of drug-likeness (QED) is 0.805. The minimum atomic E-state index is -0.139. The fourth-order valence-electron chi connectivity index (χ4n) is 3.60. The van der Waals surface area contributed by atoms with Crippen molar-refractivity contribution in [1.82, 2.24) is 5.32 Å². The van der Waals surface area contributed by atoms with Gasteiger partial charge in [0.1, 0.15) is 0 Å². The highest BCUT2D eigenvalue weighted by atomic mass is 16.3. The first-order valence-corrected chi connectivity index (χ1v) is 7.78. The predicted octanol–water partition coefficient (Wildman–Crippen LogP) is 3.81. The van der Waals surface area contributed by atoms with Crippen molar-refractivity contribution >= 4 is 0 Å². The van der Waals surface area contributed by atoms with Crippen molar-refractivity contribution in [2.75, 3.05) is 0 Å². The largest absolute Gasteiger partial charge is 0.393 e. The summed E-state index contributed by atoms with van der Waals surface area (Å²) in [5.41, 5.74) is 1.54. The van der Waals surface area contributed by atoms with E-state index in [1.54, 1.807) is 0 Å². The van der Waals surface area contributed by atoms with Gasteiger partial charge in [0.25, 0.3) is 0 Å². The van der Waals surface area contributed by atoms with E-state index in [0.29, 0.717) is 6.04 Å². The molecule has 2 nitrogen and oxygen atoms in total. The van der Waals surface area contributed by atoms with E-state index >= 15 is 0 Å². The highest BCUT2D eigenvalue weighted by Gasteiger charge is 2.41. The van der Waals surface area contributed by atoms with E-state index in [0.717, 1.165) is 12.8 Å². The van der Waals surface area contributed by atoms with Crippen molar-refractivity contribution in [2.45, 2.75) is 70.1 Å². The van der Waals surface area contributed by atoms with Crippen LogP contribution in [0.1, 0.15) is 64.0 Å². The summed E-state index contributed by atoms with van der Waals surface area (Å²) >= 11 is 0. The van der Waals surface area contributed by atoms with Crippen LogP contribution in [0.3, 0.4) is 0 Å². The Morgan fingerprint density at radius 3 is 2.37 bits per heavy atom. The van der Waals surface area contributed by atoms with Gasteiger partial charge in [0, 0.05) is 11.6 Å². The third-order valence-electron chi connectivity index (χ3n) is 4.38. The number of benzene rings is 1. The average Bonchev–Trinajstić information content (AvgIpc) is 2.89. The summed E-state index contributed by atoms with van der Waals surface area (Å²) < 4.78 is 0. The van der Waals surface area contributed by atoms with Crippen molar-refractivity contribution in [1.29, 1.82) is 0 Å². The van der Waals surface area contributed by atoms with Gasteiger partial charge in [-0.05, 0) is 31.2 Å². The molecule has 1 aliphatic heterocycles. The maximum atomic E-state index is 10.1. The Morgan fingerprint density at radius 2 is 1.74 bits per heavy atom. The zero-order chi connectivity index (χ0) is 13.7. The molecule has 2 N–H and O–H groups in total. The molecule has 1 aromatic rings. The molecule has 19 heavy (non-hydrogen) atoms. The monoisotopic (exact) mass is 261 g/mol. The fourth-order valence-corrected chi connectivity index (χ4v) is 3.60. The lowest BCUT2D eigenvalue weighted by molar-refractivity contribution is 0.0547. The maximum absolute atomic E-state index is 10.1. The second kappa shape index (κ2) is 6.53. The zero-order valence-corrected chi connectivity index (χ0v) is 12.2. The first-order valence-electron chi connectivity index (χ1n) is 7.78. The molecule has 0 aromatic heterocycles. The molecule has 2 unspecified atom stereocenters. The molecule has 1 spiro atoms. The van der Waals surface area contributed by atoms with Crippen LogP contribution in [0.25, 0.3) is 0 Å². The molecule has 3 rings (SSSR count). The van der Waals surface area contributed by atoms with E-state index in [9.17, 15) is 5.11 Å². The summed E-state index contributed by atoms with van der Waals surface area (Å²) in [6, 6.07) is 10.9. The van der Waals surface area contributed by atoms with Crippen molar-refractivity contribution < 1.29 is 5.11 Å². The minimum absolute atomic E-state index is 0.139. The van der Waals surface area contributed by atoms with E-state index < -0.39 is 0 Å². The fraction of sp³-hybridized carbons (Fsp3) is 0.647. The number of nitrogens with one attached hydrogen (secondary N) is 1. The zero-order valence-electron chi connectivity index (χ0n) is 12.2. The van der Waals surface area contributed by atoms with Crippen LogP contribution in [0.5, 0.6) is 0 Å². The summed E-state index contributed by atoms with van der Waals surface area (Å²) in [4.78, 5) is 0. The topological polar surface area (TPSA) is 32.3 Å². The van der Waals surface area contributed by atoms with Crippen LogP contribution in [-0.4, -0.2) is 16.7 Å². The molecule has 1 saturated heterocycles. The third kappa shape index (κ3) is 3.37. The predicted molar refractivity (Wildman–Crippen MR) is 80.1 cm³/mol. The van der Waals surface area contributed by atoms with Gasteiger partial charge in [0.2, 0.25) is 0 Å². The smallest absolute Gasteiger partial charge is 0.0576 e. The molecule has 0 bridgehead atoms. The third-order valence-corrected chi connectivity index (χ3v) is 4.38. The normalized spacial score (nSPS) is 28.8. The Bertz CT molecular complexity index is 370. The molecule has 1 saturated carbocycles. The van der Waals surface area contributed by atoms with E-state index in [1.807, 2.05) is 19.9 Å². The number of piperidine rings is 1. The van der Waals surface area contributed by atoms with Crippen LogP contribution >= 0.6 is 0 Å². The molecule has 1 aliphatic carbocycles. The van der Waals surface area contributed by atoms with Crippen LogP contribution in [0.4, 0.5) is 0 Å². The summed E-state index contributed by atoms with van der Waals surface area (Å²) in [5, 5.41) is 13.9. The van der Waals surface area contributed by atoms with Crippen LogP contribution in [0.15, 0.2) is 30.3 Å². The number of rotatable bonds is 1. The van der Waals surface area contributed by atoms with Crippen molar-refractivity contribution in [3.63, 3.8) is 0 Å². The Kier molecular flexibility index (Phi) is 5.00. The van der Waals surface area contributed by atoms with Gasteiger partial charge in [-0.25, -0.2) is 0 Å². The Morgan fingerprint density at radius 1 is 1.11 bits per heavy atom. The summed E-state index contributed by atoms with van der Waals surface area (Å²) in [6.07, 6.45) is 6.73. The Labute approximate surface area is 117 Å². The first-order chi connectivity index (χ1) is 9.27. The molecule has 2 aliphatic rings. The van der Waals surface area contributed by atoms with Crippen molar-refractivity contribution in [3.05, 3.63) is 35.9 Å². The van der Waals surface area contributed by atoms with E-state index in [1.165, 1.54) is 31.2 Å². The van der Waals surface area contributed by atoms with Crippen LogP contribution in [0, 0.1) is 0 Å². The lowest BCUT2D eigenvalue weighted by atomic mass is 9.81. The molecule has 0 amide bonds. The van der Waals surface area contributed by atoms with Gasteiger partial charge < -0.3 is 10.4 Å². The van der Waals surface area contributed by atoms with Crippen molar-refractivity contribution in [2.24, 2.45) is 0 Å². The second-order valence-corrected chi connectivity index (χ2v) is 5.69. The molecular formula is C17H27NO. The molecule has 1 aromatic carbocycles. The van der Waals surface area contributed by atoms with Gasteiger partial charge in [-0.3, -0.25) is 0 Å². The van der Waals surface area contributed by atoms with Gasteiger partial charge in [-0.1, -0.05) is 57.0 Å². The number of hydrogen-bond acceptors (Lipinski definition) is 2. The van der Waals surface area contributed by atoms with Gasteiger partial charge in [0.05, 0.1) is 6.10 Å².